The summed E-state index contributed by atoms with van der Waals surface area (Å²) in [5.41, 5.74) is 2.11. The summed E-state index contributed by atoms with van der Waals surface area (Å²) in [6, 6.07) is 14.1. The van der Waals surface area contributed by atoms with Crippen LogP contribution in [0.15, 0.2) is 54.9 Å². The highest BCUT2D eigenvalue weighted by Gasteiger charge is 2.34. The van der Waals surface area contributed by atoms with Gasteiger partial charge in [-0.1, -0.05) is 49.6 Å². The van der Waals surface area contributed by atoms with Crippen molar-refractivity contribution in [3.05, 3.63) is 66.0 Å². The lowest BCUT2D eigenvalue weighted by atomic mass is 9.69. The summed E-state index contributed by atoms with van der Waals surface area (Å²) in [6.45, 7) is 0.707. The van der Waals surface area contributed by atoms with Crippen molar-refractivity contribution >= 4 is 5.91 Å². The lowest BCUT2D eigenvalue weighted by Gasteiger charge is -2.38. The predicted molar refractivity (Wildman–Crippen MR) is 87.8 cm³/mol. The molecule has 1 aliphatic rings. The Kier molecular flexibility index (Phi) is 4.52. The van der Waals surface area contributed by atoms with Gasteiger partial charge in [0, 0.05) is 29.9 Å². The molecule has 0 radical (unpaired) electrons. The molecule has 1 aliphatic carbocycles. The van der Waals surface area contributed by atoms with Gasteiger partial charge in [-0.05, 0) is 30.5 Å². The molecule has 1 heterocycles. The maximum atomic E-state index is 12.3. The van der Waals surface area contributed by atoms with Crippen LogP contribution in [0.2, 0.25) is 0 Å². The average Bonchev–Trinajstić information content (AvgIpc) is 2.62. The molecule has 1 aromatic carbocycles. The van der Waals surface area contributed by atoms with Gasteiger partial charge in [-0.15, -0.1) is 0 Å². The Hall–Kier alpha value is -2.16. The number of carbonyl (C=O) groups excluding carboxylic acids is 1. The maximum absolute atomic E-state index is 12.3. The largest absolute Gasteiger partial charge is 0.351 e. The van der Waals surface area contributed by atoms with Crippen LogP contribution in [0.5, 0.6) is 0 Å². The molecular formula is C19H22N2O. The van der Waals surface area contributed by atoms with Crippen molar-refractivity contribution in [2.45, 2.75) is 37.5 Å². The molecule has 1 saturated carbocycles. The Labute approximate surface area is 131 Å². The third kappa shape index (κ3) is 3.19. The van der Waals surface area contributed by atoms with Crippen molar-refractivity contribution in [2.75, 3.05) is 6.54 Å². The van der Waals surface area contributed by atoms with Crippen LogP contribution in [0, 0.1) is 0 Å². The van der Waals surface area contributed by atoms with Gasteiger partial charge in [0.05, 0.1) is 0 Å². The minimum Gasteiger partial charge on any atom is -0.351 e. The number of nitrogens with zero attached hydrogens (tertiary/aromatic N) is 1. The van der Waals surface area contributed by atoms with Crippen LogP contribution >= 0.6 is 0 Å². The molecule has 0 aliphatic heterocycles. The molecular weight excluding hydrogens is 272 g/mol. The van der Waals surface area contributed by atoms with E-state index in [4.69, 9.17) is 0 Å². The lowest BCUT2D eigenvalue weighted by molar-refractivity contribution is 0.0936. The molecule has 3 rings (SSSR count). The maximum Gasteiger partial charge on any atom is 0.251 e. The van der Waals surface area contributed by atoms with E-state index in [0.717, 1.165) is 12.8 Å². The molecule has 1 amide bonds. The van der Waals surface area contributed by atoms with Crippen LogP contribution in [-0.2, 0) is 5.41 Å². The topological polar surface area (TPSA) is 42.0 Å². The number of hydrogen-bond acceptors (Lipinski definition) is 2. The summed E-state index contributed by atoms with van der Waals surface area (Å²) in [6.07, 6.45) is 9.37. The molecule has 3 nitrogen and oxygen atoms in total. The van der Waals surface area contributed by atoms with E-state index in [-0.39, 0.29) is 11.3 Å². The van der Waals surface area contributed by atoms with Gasteiger partial charge in [0.15, 0.2) is 0 Å². The van der Waals surface area contributed by atoms with Crippen molar-refractivity contribution < 1.29 is 4.79 Å². The Morgan fingerprint density at radius 3 is 2.36 bits per heavy atom. The molecule has 114 valence electrons. The number of aromatic nitrogens is 1. The average molecular weight is 294 g/mol. The smallest absolute Gasteiger partial charge is 0.251 e. The first-order valence-electron chi connectivity index (χ1n) is 8.04. The molecule has 0 spiro atoms. The van der Waals surface area contributed by atoms with E-state index in [1.807, 2.05) is 0 Å². The molecule has 1 fully saturated rings. The zero-order valence-electron chi connectivity index (χ0n) is 12.8. The second-order valence-electron chi connectivity index (χ2n) is 6.13. The summed E-state index contributed by atoms with van der Waals surface area (Å²) in [7, 11) is 0. The van der Waals surface area contributed by atoms with Crippen molar-refractivity contribution in [1.82, 2.24) is 10.3 Å². The van der Waals surface area contributed by atoms with Gasteiger partial charge < -0.3 is 5.32 Å². The van der Waals surface area contributed by atoms with Crippen LogP contribution in [-0.4, -0.2) is 17.4 Å². The fraction of sp³-hybridized carbons (Fsp3) is 0.368. The summed E-state index contributed by atoms with van der Waals surface area (Å²) in [4.78, 5) is 16.3. The Morgan fingerprint density at radius 1 is 1.00 bits per heavy atom. The number of pyridine rings is 1. The molecule has 22 heavy (non-hydrogen) atoms. The number of benzene rings is 1. The van der Waals surface area contributed by atoms with Crippen molar-refractivity contribution in [3.63, 3.8) is 0 Å². The number of nitrogens with one attached hydrogen (secondary N) is 1. The van der Waals surface area contributed by atoms with Gasteiger partial charge in [0.1, 0.15) is 0 Å². The van der Waals surface area contributed by atoms with Gasteiger partial charge in [-0.2, -0.15) is 0 Å². The second-order valence-corrected chi connectivity index (χ2v) is 6.13. The fourth-order valence-electron chi connectivity index (χ4n) is 3.44. The first-order valence-corrected chi connectivity index (χ1v) is 8.04. The van der Waals surface area contributed by atoms with E-state index in [9.17, 15) is 4.79 Å². The predicted octanol–water partition coefficient (Wildman–Crippen LogP) is 3.71. The van der Waals surface area contributed by atoms with E-state index in [1.165, 1.54) is 24.8 Å². The van der Waals surface area contributed by atoms with E-state index < -0.39 is 0 Å². The first kappa shape index (κ1) is 14.8. The summed E-state index contributed by atoms with van der Waals surface area (Å²) >= 11 is 0. The van der Waals surface area contributed by atoms with Crippen LogP contribution in [0.4, 0.5) is 0 Å². The monoisotopic (exact) mass is 294 g/mol. The Morgan fingerprint density at radius 2 is 1.68 bits per heavy atom. The number of amides is 1. The third-order valence-corrected chi connectivity index (χ3v) is 4.73. The van der Waals surface area contributed by atoms with Gasteiger partial charge >= 0.3 is 0 Å². The van der Waals surface area contributed by atoms with Crippen molar-refractivity contribution in [1.29, 1.82) is 0 Å². The summed E-state index contributed by atoms with van der Waals surface area (Å²) < 4.78 is 0. The Balaban J connectivity index is 1.75. The van der Waals surface area contributed by atoms with Gasteiger partial charge in [-0.3, -0.25) is 9.78 Å². The van der Waals surface area contributed by atoms with E-state index in [0.29, 0.717) is 12.1 Å². The van der Waals surface area contributed by atoms with Crippen LogP contribution in [0.3, 0.4) is 0 Å². The van der Waals surface area contributed by atoms with Crippen molar-refractivity contribution in [2.24, 2.45) is 0 Å². The van der Waals surface area contributed by atoms with Crippen molar-refractivity contribution in [3.8, 4) is 0 Å². The standard InChI is InChI=1S/C19H22N2O/c22-18(16-9-13-20-14-10-16)21-15-19(11-5-2-6-12-19)17-7-3-1-4-8-17/h1,3-4,7-10,13-14H,2,5-6,11-12,15H2,(H,21,22). The van der Waals surface area contributed by atoms with E-state index >= 15 is 0 Å². The fourth-order valence-corrected chi connectivity index (χ4v) is 3.44. The summed E-state index contributed by atoms with van der Waals surface area (Å²) in [5.74, 6) is -0.0109. The normalized spacial score (nSPS) is 16.9. The molecule has 2 aromatic rings. The molecule has 0 bridgehead atoms. The van der Waals surface area contributed by atoms with Crippen LogP contribution in [0.1, 0.15) is 48.0 Å². The highest BCUT2D eigenvalue weighted by atomic mass is 16.1. The molecule has 0 atom stereocenters. The van der Waals surface area contributed by atoms with Gasteiger partial charge in [-0.25, -0.2) is 0 Å². The quantitative estimate of drug-likeness (QED) is 0.934. The molecule has 0 unspecified atom stereocenters. The minimum absolute atomic E-state index is 0.0109. The molecule has 3 heteroatoms. The van der Waals surface area contributed by atoms with Crippen LogP contribution in [0.25, 0.3) is 0 Å². The molecule has 0 saturated heterocycles. The second kappa shape index (κ2) is 6.73. The number of carbonyl (C=O) groups is 1. The zero-order chi connectivity index (χ0) is 15.3. The SMILES string of the molecule is O=C(NCC1(c2ccccc2)CCCCC1)c1ccncc1. The first-order chi connectivity index (χ1) is 10.8. The Bertz CT molecular complexity index is 604. The highest BCUT2D eigenvalue weighted by molar-refractivity contribution is 5.94. The lowest BCUT2D eigenvalue weighted by Crippen LogP contribution is -2.42. The van der Waals surface area contributed by atoms with Gasteiger partial charge in [0.2, 0.25) is 0 Å². The van der Waals surface area contributed by atoms with E-state index in [2.05, 4.69) is 40.6 Å². The summed E-state index contributed by atoms with van der Waals surface area (Å²) in [5, 5.41) is 3.14. The molecule has 1 N–H and O–H groups in total. The highest BCUT2D eigenvalue weighted by Crippen LogP contribution is 2.38. The zero-order valence-corrected chi connectivity index (χ0v) is 12.8. The van der Waals surface area contributed by atoms with Crippen LogP contribution < -0.4 is 5.32 Å². The van der Waals surface area contributed by atoms with Gasteiger partial charge in [0.25, 0.3) is 5.91 Å². The number of hydrogen-bond donors (Lipinski definition) is 1. The number of rotatable bonds is 4. The van der Waals surface area contributed by atoms with E-state index in [1.54, 1.807) is 24.5 Å². The molecule has 1 aromatic heterocycles. The third-order valence-electron chi connectivity index (χ3n) is 4.73. The minimum atomic E-state index is -0.0109.